The van der Waals surface area contributed by atoms with Crippen molar-refractivity contribution in [1.82, 2.24) is 0 Å². The molecule has 1 aromatic rings. The van der Waals surface area contributed by atoms with Gasteiger partial charge in [0.2, 0.25) is 0 Å². The molecule has 0 aliphatic rings. The van der Waals surface area contributed by atoms with Crippen molar-refractivity contribution in [3.05, 3.63) is 28.2 Å². The third-order valence-electron chi connectivity index (χ3n) is 1.71. The van der Waals surface area contributed by atoms with Crippen molar-refractivity contribution in [2.24, 2.45) is 0 Å². The van der Waals surface area contributed by atoms with E-state index in [4.69, 9.17) is 9.84 Å². The molecule has 0 spiro atoms. The molecule has 0 unspecified atom stereocenters. The minimum Gasteiger partial charge on any atom is -0.492 e. The summed E-state index contributed by atoms with van der Waals surface area (Å²) < 4.78 is 17.9. The van der Waals surface area contributed by atoms with Gasteiger partial charge in [0.1, 0.15) is 5.75 Å². The van der Waals surface area contributed by atoms with Crippen LogP contribution in [0.15, 0.2) is 22.7 Å². The fourth-order valence-electron chi connectivity index (χ4n) is 0.996. The van der Waals surface area contributed by atoms with E-state index in [0.717, 1.165) is 10.0 Å². The molecule has 0 saturated carbocycles. The van der Waals surface area contributed by atoms with Gasteiger partial charge in [-0.25, -0.2) is 0 Å². The van der Waals surface area contributed by atoms with Gasteiger partial charge in [-0.15, -0.1) is 0 Å². The van der Waals surface area contributed by atoms with E-state index in [1.165, 1.54) is 0 Å². The largest absolute Gasteiger partial charge is 0.492 e. The van der Waals surface area contributed by atoms with Crippen LogP contribution in [-0.2, 0) is 6.61 Å². The lowest BCUT2D eigenvalue weighted by Gasteiger charge is -2.07. The fraction of sp³-hybridized carbons (Fsp3) is 0.400. The van der Waals surface area contributed by atoms with Gasteiger partial charge in [-0.3, -0.25) is 4.39 Å². The van der Waals surface area contributed by atoms with Crippen LogP contribution in [0.3, 0.4) is 0 Å². The molecule has 1 N–H and O–H groups in total. The Hall–Kier alpha value is -0.610. The van der Waals surface area contributed by atoms with Crippen LogP contribution in [0.1, 0.15) is 12.0 Å². The summed E-state index contributed by atoms with van der Waals surface area (Å²) in [5, 5.41) is 8.86. The second-order valence-electron chi connectivity index (χ2n) is 2.81. The Labute approximate surface area is 90.8 Å². The van der Waals surface area contributed by atoms with Gasteiger partial charge in [0, 0.05) is 6.42 Å². The van der Waals surface area contributed by atoms with Crippen molar-refractivity contribution < 1.29 is 14.2 Å². The molecule has 0 heterocycles. The van der Waals surface area contributed by atoms with Crippen LogP contribution in [0.2, 0.25) is 0 Å². The van der Waals surface area contributed by atoms with Crippen LogP contribution in [0, 0.1) is 0 Å². The van der Waals surface area contributed by atoms with Crippen molar-refractivity contribution in [3.8, 4) is 5.75 Å². The lowest BCUT2D eigenvalue weighted by atomic mass is 10.2. The highest BCUT2D eigenvalue weighted by molar-refractivity contribution is 9.10. The number of aliphatic hydroxyl groups is 1. The van der Waals surface area contributed by atoms with Gasteiger partial charge in [0.25, 0.3) is 0 Å². The molecule has 4 heteroatoms. The molecule has 0 aromatic heterocycles. The number of halogens is 2. The number of benzene rings is 1. The zero-order chi connectivity index (χ0) is 10.4. The van der Waals surface area contributed by atoms with Gasteiger partial charge in [-0.05, 0) is 33.6 Å². The van der Waals surface area contributed by atoms with Gasteiger partial charge in [0.15, 0.2) is 0 Å². The molecule has 2 nitrogen and oxygen atoms in total. The van der Waals surface area contributed by atoms with Gasteiger partial charge in [0.05, 0.1) is 24.4 Å². The monoisotopic (exact) mass is 262 g/mol. The van der Waals surface area contributed by atoms with Crippen LogP contribution in [-0.4, -0.2) is 18.4 Å². The Bertz CT molecular complexity index is 291. The molecular weight excluding hydrogens is 251 g/mol. The predicted molar refractivity (Wildman–Crippen MR) is 56.2 cm³/mol. The molecule has 0 aliphatic carbocycles. The molecule has 0 bridgehead atoms. The Morgan fingerprint density at radius 3 is 2.79 bits per heavy atom. The second kappa shape index (κ2) is 5.98. The van der Waals surface area contributed by atoms with E-state index in [0.29, 0.717) is 18.8 Å². The van der Waals surface area contributed by atoms with Crippen LogP contribution in [0.5, 0.6) is 5.75 Å². The number of aliphatic hydroxyl groups excluding tert-OH is 1. The SMILES string of the molecule is OCc1ccc(OCCCF)c(Br)c1. The van der Waals surface area contributed by atoms with Gasteiger partial charge < -0.3 is 9.84 Å². The average Bonchev–Trinajstić information content (AvgIpc) is 2.20. The highest BCUT2D eigenvalue weighted by Gasteiger charge is 2.01. The minimum atomic E-state index is -0.369. The molecule has 1 rings (SSSR count). The first kappa shape index (κ1) is 11.5. The van der Waals surface area contributed by atoms with Crippen molar-refractivity contribution in [2.45, 2.75) is 13.0 Å². The number of ether oxygens (including phenoxy) is 1. The second-order valence-corrected chi connectivity index (χ2v) is 3.67. The summed E-state index contributed by atoms with van der Waals surface area (Å²) in [6.07, 6.45) is 0.397. The first-order valence-electron chi connectivity index (χ1n) is 4.36. The normalized spacial score (nSPS) is 10.2. The maximum absolute atomic E-state index is 11.8. The third-order valence-corrected chi connectivity index (χ3v) is 2.33. The van der Waals surface area contributed by atoms with E-state index in [2.05, 4.69) is 15.9 Å². The van der Waals surface area contributed by atoms with Crippen molar-refractivity contribution in [2.75, 3.05) is 13.3 Å². The summed E-state index contributed by atoms with van der Waals surface area (Å²) in [5.41, 5.74) is 0.815. The maximum atomic E-state index is 11.8. The molecule has 0 atom stereocenters. The zero-order valence-electron chi connectivity index (χ0n) is 7.67. The first-order chi connectivity index (χ1) is 6.77. The maximum Gasteiger partial charge on any atom is 0.133 e. The summed E-state index contributed by atoms with van der Waals surface area (Å²) in [6.45, 7) is 0.00325. The summed E-state index contributed by atoms with van der Waals surface area (Å²) in [5.74, 6) is 0.677. The number of hydrogen-bond donors (Lipinski definition) is 1. The predicted octanol–water partition coefficient (Wildman–Crippen LogP) is 2.68. The molecular formula is C10H12BrFO2. The quantitative estimate of drug-likeness (QED) is 0.827. The van der Waals surface area contributed by atoms with E-state index in [-0.39, 0.29) is 13.3 Å². The standard InChI is InChI=1S/C10H12BrFO2/c11-9-6-8(7-13)2-3-10(9)14-5-1-4-12/h2-3,6,13H,1,4-5,7H2. The Balaban J connectivity index is 2.59. The van der Waals surface area contributed by atoms with Crippen molar-refractivity contribution in [3.63, 3.8) is 0 Å². The van der Waals surface area contributed by atoms with Crippen LogP contribution >= 0.6 is 15.9 Å². The summed E-state index contributed by atoms with van der Waals surface area (Å²) >= 11 is 3.31. The minimum absolute atomic E-state index is 0.00333. The fourth-order valence-corrected chi connectivity index (χ4v) is 1.54. The Morgan fingerprint density at radius 2 is 2.21 bits per heavy atom. The molecule has 1 aromatic carbocycles. The number of hydrogen-bond acceptors (Lipinski definition) is 2. The zero-order valence-corrected chi connectivity index (χ0v) is 9.26. The van der Waals surface area contributed by atoms with E-state index < -0.39 is 0 Å². The van der Waals surface area contributed by atoms with E-state index in [1.54, 1.807) is 18.2 Å². The summed E-state index contributed by atoms with van der Waals surface area (Å²) in [7, 11) is 0. The Kier molecular flexibility index (Phi) is 4.90. The lowest BCUT2D eigenvalue weighted by Crippen LogP contribution is -1.99. The van der Waals surface area contributed by atoms with Crippen molar-refractivity contribution >= 4 is 15.9 Å². The van der Waals surface area contributed by atoms with Crippen LogP contribution < -0.4 is 4.74 Å². The van der Waals surface area contributed by atoms with Gasteiger partial charge in [-0.2, -0.15) is 0 Å². The van der Waals surface area contributed by atoms with Crippen LogP contribution in [0.25, 0.3) is 0 Å². The number of alkyl halides is 1. The topological polar surface area (TPSA) is 29.5 Å². The summed E-state index contributed by atoms with van der Waals surface area (Å²) in [4.78, 5) is 0. The average molecular weight is 263 g/mol. The molecule has 0 fully saturated rings. The van der Waals surface area contributed by atoms with Gasteiger partial charge in [-0.1, -0.05) is 6.07 Å². The first-order valence-corrected chi connectivity index (χ1v) is 5.15. The molecule has 0 aliphatic heterocycles. The van der Waals surface area contributed by atoms with Gasteiger partial charge >= 0.3 is 0 Å². The molecule has 0 radical (unpaired) electrons. The van der Waals surface area contributed by atoms with Crippen molar-refractivity contribution in [1.29, 1.82) is 0 Å². The smallest absolute Gasteiger partial charge is 0.133 e. The van der Waals surface area contributed by atoms with E-state index in [1.807, 2.05) is 0 Å². The highest BCUT2D eigenvalue weighted by Crippen LogP contribution is 2.26. The third kappa shape index (κ3) is 3.27. The Morgan fingerprint density at radius 1 is 1.43 bits per heavy atom. The van der Waals surface area contributed by atoms with E-state index in [9.17, 15) is 4.39 Å². The molecule has 0 amide bonds. The number of rotatable bonds is 5. The molecule has 78 valence electrons. The molecule has 0 saturated heterocycles. The van der Waals surface area contributed by atoms with Crippen LogP contribution in [0.4, 0.5) is 4.39 Å². The van der Waals surface area contributed by atoms with E-state index >= 15 is 0 Å². The summed E-state index contributed by atoms with van der Waals surface area (Å²) in [6, 6.07) is 5.31. The molecule has 14 heavy (non-hydrogen) atoms. The highest BCUT2D eigenvalue weighted by atomic mass is 79.9. The lowest BCUT2D eigenvalue weighted by molar-refractivity contribution is 0.279.